The number of nitrogens with one attached hydrogen (secondary N) is 2. The number of hydrogen-bond donors (Lipinski definition) is 2. The highest BCUT2D eigenvalue weighted by Gasteiger charge is 2.18. The van der Waals surface area contributed by atoms with E-state index < -0.39 is 11.7 Å². The molecule has 0 fully saturated rings. The second-order valence-corrected chi connectivity index (χ2v) is 4.92. The second kappa shape index (κ2) is 7.12. The molecule has 2 atom stereocenters. The molecule has 2 N–H and O–H groups in total. The summed E-state index contributed by atoms with van der Waals surface area (Å²) < 4.78 is 5.16. The van der Waals surface area contributed by atoms with Crippen LogP contribution in [0.15, 0.2) is 25.3 Å². The minimum Gasteiger partial charge on any atom is -0.444 e. The van der Waals surface area contributed by atoms with E-state index in [4.69, 9.17) is 4.74 Å². The van der Waals surface area contributed by atoms with Crippen LogP contribution >= 0.6 is 0 Å². The molecule has 0 aromatic heterocycles. The van der Waals surface area contributed by atoms with E-state index in [1.165, 1.54) is 0 Å². The van der Waals surface area contributed by atoms with Gasteiger partial charge in [-0.3, -0.25) is 0 Å². The van der Waals surface area contributed by atoms with Gasteiger partial charge in [0.15, 0.2) is 0 Å². The SMILES string of the molecule is C=CC(C)NCC(C=C)NC(=O)OC(C)(C)C. The summed E-state index contributed by atoms with van der Waals surface area (Å²) in [6.07, 6.45) is 3.04. The van der Waals surface area contributed by atoms with Crippen LogP contribution in [0.3, 0.4) is 0 Å². The highest BCUT2D eigenvalue weighted by Crippen LogP contribution is 2.06. The molecule has 0 rings (SSSR count). The fraction of sp³-hybridized carbons (Fsp3) is 0.615. The van der Waals surface area contributed by atoms with E-state index in [9.17, 15) is 4.79 Å². The Bertz CT molecular complexity index is 269. The molecule has 0 bridgehead atoms. The van der Waals surface area contributed by atoms with E-state index in [2.05, 4.69) is 23.8 Å². The van der Waals surface area contributed by atoms with Crippen LogP contribution in [0.5, 0.6) is 0 Å². The van der Waals surface area contributed by atoms with E-state index in [1.54, 1.807) is 12.2 Å². The van der Waals surface area contributed by atoms with Gasteiger partial charge in [0, 0.05) is 12.6 Å². The lowest BCUT2D eigenvalue weighted by Gasteiger charge is -2.23. The van der Waals surface area contributed by atoms with Gasteiger partial charge < -0.3 is 15.4 Å². The van der Waals surface area contributed by atoms with E-state index in [0.29, 0.717) is 6.54 Å². The maximum absolute atomic E-state index is 11.5. The maximum Gasteiger partial charge on any atom is 0.408 e. The molecule has 0 heterocycles. The Kier molecular flexibility index (Phi) is 6.58. The summed E-state index contributed by atoms with van der Waals surface area (Å²) in [5.74, 6) is 0. The van der Waals surface area contributed by atoms with E-state index in [-0.39, 0.29) is 12.1 Å². The monoisotopic (exact) mass is 240 g/mol. The lowest BCUT2D eigenvalue weighted by Crippen LogP contribution is -2.44. The zero-order valence-electron chi connectivity index (χ0n) is 11.2. The van der Waals surface area contributed by atoms with Crippen molar-refractivity contribution in [3.05, 3.63) is 25.3 Å². The molecule has 0 spiro atoms. The molecule has 0 aliphatic rings. The molecule has 17 heavy (non-hydrogen) atoms. The summed E-state index contributed by atoms with van der Waals surface area (Å²) in [5.41, 5.74) is -0.488. The molecule has 0 saturated heterocycles. The Hall–Kier alpha value is -1.29. The van der Waals surface area contributed by atoms with Crippen molar-refractivity contribution in [1.29, 1.82) is 0 Å². The molecular weight excluding hydrogens is 216 g/mol. The van der Waals surface area contributed by atoms with Gasteiger partial charge in [-0.2, -0.15) is 0 Å². The fourth-order valence-electron chi connectivity index (χ4n) is 1.05. The third-order valence-corrected chi connectivity index (χ3v) is 2.00. The average Bonchev–Trinajstić information content (AvgIpc) is 2.20. The summed E-state index contributed by atoms with van der Waals surface area (Å²) in [6, 6.07) is 0.0325. The predicted octanol–water partition coefficient (Wildman–Crippen LogP) is 2.23. The summed E-state index contributed by atoms with van der Waals surface area (Å²) in [7, 11) is 0. The molecule has 0 saturated carbocycles. The molecule has 0 aromatic rings. The number of amides is 1. The van der Waals surface area contributed by atoms with Gasteiger partial charge in [-0.1, -0.05) is 12.2 Å². The van der Waals surface area contributed by atoms with Gasteiger partial charge in [-0.05, 0) is 27.7 Å². The normalized spacial score (nSPS) is 14.6. The van der Waals surface area contributed by atoms with Gasteiger partial charge in [0.05, 0.1) is 6.04 Å². The van der Waals surface area contributed by atoms with Gasteiger partial charge in [0.25, 0.3) is 0 Å². The molecule has 1 amide bonds. The topological polar surface area (TPSA) is 50.4 Å². The van der Waals surface area contributed by atoms with E-state index in [1.807, 2.05) is 27.7 Å². The molecule has 4 nitrogen and oxygen atoms in total. The molecule has 4 heteroatoms. The van der Waals surface area contributed by atoms with Crippen molar-refractivity contribution in [2.45, 2.75) is 45.4 Å². The molecule has 0 aliphatic heterocycles. The van der Waals surface area contributed by atoms with Crippen LogP contribution in [-0.2, 0) is 4.74 Å². The van der Waals surface area contributed by atoms with Gasteiger partial charge in [-0.25, -0.2) is 4.79 Å². The summed E-state index contributed by atoms with van der Waals surface area (Å²) >= 11 is 0. The number of carbonyl (C=O) groups excluding carboxylic acids is 1. The van der Waals surface area contributed by atoms with Crippen molar-refractivity contribution in [3.63, 3.8) is 0 Å². The first-order valence-corrected chi connectivity index (χ1v) is 5.76. The fourth-order valence-corrected chi connectivity index (χ4v) is 1.05. The summed E-state index contributed by atoms with van der Waals surface area (Å²) in [5, 5.41) is 5.92. The number of rotatable bonds is 6. The highest BCUT2D eigenvalue weighted by molar-refractivity contribution is 5.68. The van der Waals surface area contributed by atoms with Crippen molar-refractivity contribution >= 4 is 6.09 Å². The molecule has 0 radical (unpaired) electrons. The first-order chi connectivity index (χ1) is 7.78. The van der Waals surface area contributed by atoms with Crippen LogP contribution < -0.4 is 10.6 Å². The van der Waals surface area contributed by atoms with Crippen LogP contribution in [0, 0.1) is 0 Å². The quantitative estimate of drug-likeness (QED) is 0.700. The lowest BCUT2D eigenvalue weighted by atomic mass is 10.2. The maximum atomic E-state index is 11.5. The Morgan fingerprint density at radius 3 is 2.35 bits per heavy atom. The van der Waals surface area contributed by atoms with Gasteiger partial charge in [0.2, 0.25) is 0 Å². The van der Waals surface area contributed by atoms with Crippen LogP contribution in [-0.4, -0.2) is 30.3 Å². The lowest BCUT2D eigenvalue weighted by molar-refractivity contribution is 0.0514. The smallest absolute Gasteiger partial charge is 0.408 e. The molecule has 98 valence electrons. The van der Waals surface area contributed by atoms with Crippen LogP contribution in [0.2, 0.25) is 0 Å². The number of ether oxygens (including phenoxy) is 1. The average molecular weight is 240 g/mol. The number of hydrogen-bond acceptors (Lipinski definition) is 3. The molecular formula is C13H24N2O2. The van der Waals surface area contributed by atoms with E-state index in [0.717, 1.165) is 0 Å². The second-order valence-electron chi connectivity index (χ2n) is 4.92. The Morgan fingerprint density at radius 1 is 1.35 bits per heavy atom. The van der Waals surface area contributed by atoms with Crippen molar-refractivity contribution in [1.82, 2.24) is 10.6 Å². The van der Waals surface area contributed by atoms with Gasteiger partial charge in [0.1, 0.15) is 5.60 Å². The Labute approximate surface area is 104 Å². The largest absolute Gasteiger partial charge is 0.444 e. The standard InChI is InChI=1S/C13H24N2O2/c1-7-10(3)14-9-11(8-2)15-12(16)17-13(4,5)6/h7-8,10-11,14H,1-2,9H2,3-6H3,(H,15,16). The zero-order valence-corrected chi connectivity index (χ0v) is 11.2. The highest BCUT2D eigenvalue weighted by atomic mass is 16.6. The van der Waals surface area contributed by atoms with Gasteiger partial charge in [-0.15, -0.1) is 13.2 Å². The van der Waals surface area contributed by atoms with Crippen LogP contribution in [0.25, 0.3) is 0 Å². The minimum absolute atomic E-state index is 0.160. The minimum atomic E-state index is -0.488. The Morgan fingerprint density at radius 2 is 1.94 bits per heavy atom. The molecule has 2 unspecified atom stereocenters. The predicted molar refractivity (Wildman–Crippen MR) is 71.0 cm³/mol. The summed E-state index contributed by atoms with van der Waals surface area (Å²) in [6.45, 7) is 15.4. The third kappa shape index (κ3) is 8.51. The third-order valence-electron chi connectivity index (χ3n) is 2.00. The van der Waals surface area contributed by atoms with Crippen LogP contribution in [0.4, 0.5) is 4.79 Å². The van der Waals surface area contributed by atoms with Crippen molar-refractivity contribution < 1.29 is 9.53 Å². The Balaban J connectivity index is 4.08. The zero-order chi connectivity index (χ0) is 13.5. The first-order valence-electron chi connectivity index (χ1n) is 5.76. The molecule has 0 aromatic carbocycles. The van der Waals surface area contributed by atoms with Crippen molar-refractivity contribution in [3.8, 4) is 0 Å². The molecule has 0 aliphatic carbocycles. The van der Waals surface area contributed by atoms with Gasteiger partial charge >= 0.3 is 6.09 Å². The first kappa shape index (κ1) is 15.7. The van der Waals surface area contributed by atoms with Crippen LogP contribution in [0.1, 0.15) is 27.7 Å². The number of alkyl carbamates (subject to hydrolysis) is 1. The number of carbonyl (C=O) groups is 1. The van der Waals surface area contributed by atoms with E-state index >= 15 is 0 Å². The van der Waals surface area contributed by atoms with Crippen molar-refractivity contribution in [2.24, 2.45) is 0 Å². The van der Waals surface area contributed by atoms with Crippen molar-refractivity contribution in [2.75, 3.05) is 6.54 Å². The summed E-state index contributed by atoms with van der Waals surface area (Å²) in [4.78, 5) is 11.5.